The first-order chi connectivity index (χ1) is 15.5. The van der Waals surface area contributed by atoms with E-state index in [9.17, 15) is 9.59 Å². The molecule has 0 bridgehead atoms. The Morgan fingerprint density at radius 3 is 2.59 bits per heavy atom. The van der Waals surface area contributed by atoms with E-state index in [-0.39, 0.29) is 17.5 Å². The van der Waals surface area contributed by atoms with Crippen molar-refractivity contribution in [1.82, 2.24) is 14.7 Å². The van der Waals surface area contributed by atoms with Crippen molar-refractivity contribution in [2.24, 2.45) is 13.0 Å². The summed E-state index contributed by atoms with van der Waals surface area (Å²) >= 11 is 0. The Morgan fingerprint density at radius 2 is 1.84 bits per heavy atom. The molecule has 0 spiro atoms. The molecule has 0 radical (unpaired) electrons. The Morgan fingerprint density at radius 1 is 1.03 bits per heavy atom. The van der Waals surface area contributed by atoms with Gasteiger partial charge in [0.15, 0.2) is 5.82 Å². The average Bonchev–Trinajstić information content (AvgIpc) is 3.19. The normalized spacial score (nSPS) is 20.3. The van der Waals surface area contributed by atoms with Crippen molar-refractivity contribution in [3.8, 4) is 11.1 Å². The molecule has 5 rings (SSSR count). The lowest BCUT2D eigenvalue weighted by molar-refractivity contribution is -0.134. The number of aryl methyl sites for hydroxylation is 1. The van der Waals surface area contributed by atoms with Gasteiger partial charge in [-0.25, -0.2) is 4.68 Å². The predicted octanol–water partition coefficient (Wildman–Crippen LogP) is 3.77. The summed E-state index contributed by atoms with van der Waals surface area (Å²) in [5.74, 6) is 1.29. The summed E-state index contributed by atoms with van der Waals surface area (Å²) in [4.78, 5) is 29.7. The number of fused-ring (bicyclic) bond motifs is 1. The molecule has 2 aliphatic rings. The highest BCUT2D eigenvalue weighted by Gasteiger charge is 2.39. The number of nitrogens with zero attached hydrogens (tertiary/aromatic N) is 4. The van der Waals surface area contributed by atoms with Crippen LogP contribution in [-0.4, -0.2) is 39.7 Å². The minimum absolute atomic E-state index is 0.143. The average molecular weight is 429 g/mol. The molecule has 2 aromatic carbocycles. The smallest absolute Gasteiger partial charge is 0.266 e. The van der Waals surface area contributed by atoms with Crippen molar-refractivity contribution in [2.45, 2.75) is 32.2 Å². The standard InChI is InChI=1S/C26H28N4O2/c1-18-7-6-14-29(17-18)26(32)23-16-21-15-20(19-8-4-3-5-9-19)10-11-22(21)30(23)24-12-13-25(31)28(2)27-24/h3-5,8-13,15,18,23H,6-7,14,16-17H2,1-2H3. The second kappa shape index (κ2) is 8.26. The van der Waals surface area contributed by atoms with Gasteiger partial charge in [-0.1, -0.05) is 43.3 Å². The maximum absolute atomic E-state index is 13.7. The first-order valence-electron chi connectivity index (χ1n) is 11.3. The van der Waals surface area contributed by atoms with E-state index in [1.807, 2.05) is 28.0 Å². The van der Waals surface area contributed by atoms with Crippen molar-refractivity contribution in [1.29, 1.82) is 0 Å². The maximum atomic E-state index is 13.7. The second-order valence-corrected chi connectivity index (χ2v) is 8.98. The van der Waals surface area contributed by atoms with Crippen LogP contribution in [0.1, 0.15) is 25.3 Å². The van der Waals surface area contributed by atoms with Crippen molar-refractivity contribution in [2.75, 3.05) is 18.0 Å². The highest BCUT2D eigenvalue weighted by Crippen LogP contribution is 2.40. The van der Waals surface area contributed by atoms with Crippen LogP contribution >= 0.6 is 0 Å². The molecule has 1 saturated heterocycles. The lowest BCUT2D eigenvalue weighted by Gasteiger charge is -2.35. The largest absolute Gasteiger partial charge is 0.341 e. The number of aromatic nitrogens is 2. The zero-order valence-electron chi connectivity index (χ0n) is 18.6. The van der Waals surface area contributed by atoms with E-state index in [0.29, 0.717) is 18.2 Å². The minimum atomic E-state index is -0.355. The van der Waals surface area contributed by atoms with Crippen molar-refractivity contribution in [3.05, 3.63) is 76.6 Å². The van der Waals surface area contributed by atoms with Crippen molar-refractivity contribution in [3.63, 3.8) is 0 Å². The highest BCUT2D eigenvalue weighted by atomic mass is 16.2. The summed E-state index contributed by atoms with van der Waals surface area (Å²) in [5.41, 5.74) is 4.24. The molecule has 2 aliphatic heterocycles. The number of piperidine rings is 1. The summed E-state index contributed by atoms with van der Waals surface area (Å²) in [6.07, 6.45) is 2.84. The number of hydrogen-bond acceptors (Lipinski definition) is 4. The molecular weight excluding hydrogens is 400 g/mol. The SMILES string of the molecule is CC1CCCN(C(=O)C2Cc3cc(-c4ccccc4)ccc3N2c2ccc(=O)n(C)n2)C1. The topological polar surface area (TPSA) is 58.4 Å². The van der Waals surface area contributed by atoms with E-state index in [4.69, 9.17) is 0 Å². The molecule has 3 aromatic rings. The zero-order valence-corrected chi connectivity index (χ0v) is 18.6. The number of anilines is 2. The van der Waals surface area contributed by atoms with Gasteiger partial charge in [-0.2, -0.15) is 5.10 Å². The number of rotatable bonds is 3. The molecule has 6 heteroatoms. The van der Waals surface area contributed by atoms with Crippen LogP contribution in [0.25, 0.3) is 11.1 Å². The Labute approximate surface area is 188 Å². The number of amides is 1. The first-order valence-corrected chi connectivity index (χ1v) is 11.3. The van der Waals surface area contributed by atoms with E-state index in [0.717, 1.165) is 41.9 Å². The van der Waals surface area contributed by atoms with Crippen molar-refractivity contribution < 1.29 is 4.79 Å². The molecule has 6 nitrogen and oxygen atoms in total. The third-order valence-electron chi connectivity index (χ3n) is 6.62. The Balaban J connectivity index is 1.56. The lowest BCUT2D eigenvalue weighted by Crippen LogP contribution is -2.49. The van der Waals surface area contributed by atoms with Gasteiger partial charge in [-0.3, -0.25) is 9.59 Å². The second-order valence-electron chi connectivity index (χ2n) is 8.98. The maximum Gasteiger partial charge on any atom is 0.266 e. The third kappa shape index (κ3) is 3.70. The molecule has 32 heavy (non-hydrogen) atoms. The fraction of sp³-hybridized carbons (Fsp3) is 0.346. The van der Waals surface area contributed by atoms with Crippen LogP contribution in [0.2, 0.25) is 0 Å². The molecule has 0 aliphatic carbocycles. The highest BCUT2D eigenvalue weighted by molar-refractivity contribution is 5.91. The zero-order chi connectivity index (χ0) is 22.2. The summed E-state index contributed by atoms with van der Waals surface area (Å²) in [6.45, 7) is 3.82. The lowest BCUT2D eigenvalue weighted by atomic mass is 9.98. The molecule has 2 unspecified atom stereocenters. The molecule has 164 valence electrons. The van der Waals surface area contributed by atoms with Crippen LogP contribution in [0.5, 0.6) is 0 Å². The van der Waals surface area contributed by atoms with Crippen LogP contribution in [0.4, 0.5) is 11.5 Å². The Bertz CT molecular complexity index is 1200. The van der Waals surface area contributed by atoms with Gasteiger partial charge in [0.1, 0.15) is 6.04 Å². The molecule has 0 saturated carbocycles. The van der Waals surface area contributed by atoms with Gasteiger partial charge in [0.2, 0.25) is 5.91 Å². The molecule has 2 atom stereocenters. The van der Waals surface area contributed by atoms with Gasteiger partial charge in [0, 0.05) is 38.3 Å². The predicted molar refractivity (Wildman–Crippen MR) is 126 cm³/mol. The van der Waals surface area contributed by atoms with E-state index in [1.165, 1.54) is 17.2 Å². The van der Waals surface area contributed by atoms with Gasteiger partial charge < -0.3 is 9.80 Å². The number of hydrogen-bond donors (Lipinski definition) is 0. The fourth-order valence-electron chi connectivity index (χ4n) is 4.96. The number of carbonyl (C=O) groups is 1. The van der Waals surface area contributed by atoms with Crippen LogP contribution in [-0.2, 0) is 18.3 Å². The number of carbonyl (C=O) groups excluding carboxylic acids is 1. The Hall–Kier alpha value is -3.41. The molecule has 1 aromatic heterocycles. The van der Waals surface area contributed by atoms with E-state index in [2.05, 4.69) is 42.4 Å². The van der Waals surface area contributed by atoms with Gasteiger partial charge in [0.05, 0.1) is 0 Å². The number of likely N-dealkylation sites (tertiary alicyclic amines) is 1. The van der Waals surface area contributed by atoms with Gasteiger partial charge >= 0.3 is 0 Å². The first kappa shape index (κ1) is 20.5. The summed E-state index contributed by atoms with van der Waals surface area (Å²) in [6, 6.07) is 19.5. The van der Waals surface area contributed by atoms with Crippen molar-refractivity contribution >= 4 is 17.4 Å². The molecule has 1 fully saturated rings. The van der Waals surface area contributed by atoms with E-state index in [1.54, 1.807) is 13.1 Å². The monoisotopic (exact) mass is 428 g/mol. The van der Waals surface area contributed by atoms with Crippen LogP contribution < -0.4 is 10.5 Å². The van der Waals surface area contributed by atoms with Crippen LogP contribution in [0.15, 0.2) is 65.5 Å². The quantitative estimate of drug-likeness (QED) is 0.637. The molecular formula is C26H28N4O2. The van der Waals surface area contributed by atoms with Gasteiger partial charge in [-0.15, -0.1) is 0 Å². The molecule has 3 heterocycles. The van der Waals surface area contributed by atoms with Crippen LogP contribution in [0.3, 0.4) is 0 Å². The van der Waals surface area contributed by atoms with E-state index >= 15 is 0 Å². The van der Waals surface area contributed by atoms with E-state index < -0.39 is 0 Å². The van der Waals surface area contributed by atoms with Gasteiger partial charge in [-0.05, 0) is 53.6 Å². The molecule has 0 N–H and O–H groups in total. The third-order valence-corrected chi connectivity index (χ3v) is 6.62. The molecule has 1 amide bonds. The summed E-state index contributed by atoms with van der Waals surface area (Å²) < 4.78 is 1.33. The summed E-state index contributed by atoms with van der Waals surface area (Å²) in [7, 11) is 1.64. The summed E-state index contributed by atoms with van der Waals surface area (Å²) in [5, 5.41) is 4.49. The fourth-order valence-corrected chi connectivity index (χ4v) is 4.96. The van der Waals surface area contributed by atoms with Gasteiger partial charge in [0.25, 0.3) is 5.56 Å². The number of benzene rings is 2. The Kier molecular flexibility index (Phi) is 5.29. The minimum Gasteiger partial charge on any atom is -0.341 e. The van der Waals surface area contributed by atoms with Crippen LogP contribution in [0, 0.1) is 5.92 Å².